The van der Waals surface area contributed by atoms with Crippen molar-refractivity contribution in [1.29, 1.82) is 0 Å². The molecule has 0 bridgehead atoms. The molecule has 20 heavy (non-hydrogen) atoms. The number of amides is 1. The summed E-state index contributed by atoms with van der Waals surface area (Å²) in [4.78, 5) is 23.3. The summed E-state index contributed by atoms with van der Waals surface area (Å²) >= 11 is 5.78. The molecule has 0 aliphatic rings. The van der Waals surface area contributed by atoms with Gasteiger partial charge in [-0.2, -0.15) is 0 Å². The maximum atomic E-state index is 11.8. The molecule has 0 aliphatic carbocycles. The van der Waals surface area contributed by atoms with E-state index in [0.29, 0.717) is 6.54 Å². The number of pyridine rings is 1. The van der Waals surface area contributed by atoms with Crippen LogP contribution in [0, 0.1) is 0 Å². The van der Waals surface area contributed by atoms with Gasteiger partial charge >= 0.3 is 0 Å². The summed E-state index contributed by atoms with van der Waals surface area (Å²) in [7, 11) is 0. The van der Waals surface area contributed by atoms with Crippen LogP contribution in [-0.4, -0.2) is 23.1 Å². The second kappa shape index (κ2) is 7.94. The fourth-order valence-electron chi connectivity index (χ4n) is 1.76. The molecule has 0 saturated heterocycles. The lowest BCUT2D eigenvalue weighted by Gasteiger charge is -2.12. The first-order valence-electron chi connectivity index (χ1n) is 6.69. The van der Waals surface area contributed by atoms with Crippen molar-refractivity contribution in [3.8, 4) is 5.75 Å². The van der Waals surface area contributed by atoms with E-state index in [1.54, 1.807) is 6.20 Å². The van der Waals surface area contributed by atoms with E-state index in [0.717, 1.165) is 5.69 Å². The van der Waals surface area contributed by atoms with Gasteiger partial charge in [-0.3, -0.25) is 9.59 Å². The molecule has 6 heteroatoms. The van der Waals surface area contributed by atoms with Gasteiger partial charge in [0.25, 0.3) is 0 Å². The number of rotatable bonds is 7. The van der Waals surface area contributed by atoms with Gasteiger partial charge in [-0.1, -0.05) is 0 Å². The van der Waals surface area contributed by atoms with E-state index in [2.05, 4.69) is 5.32 Å². The lowest BCUT2D eigenvalue weighted by atomic mass is 10.3. The van der Waals surface area contributed by atoms with Crippen LogP contribution in [0.2, 0.25) is 0 Å². The summed E-state index contributed by atoms with van der Waals surface area (Å²) in [5, 5.41) is 2.76. The first-order chi connectivity index (χ1) is 9.47. The van der Waals surface area contributed by atoms with Crippen LogP contribution in [0.4, 0.5) is 0 Å². The van der Waals surface area contributed by atoms with Gasteiger partial charge in [0.2, 0.25) is 11.3 Å². The van der Waals surface area contributed by atoms with Gasteiger partial charge in [-0.05, 0) is 20.8 Å². The highest BCUT2D eigenvalue weighted by Gasteiger charge is 2.08. The van der Waals surface area contributed by atoms with Crippen LogP contribution in [0.25, 0.3) is 0 Å². The number of carbonyl (C=O) groups is 1. The monoisotopic (exact) mass is 300 g/mol. The van der Waals surface area contributed by atoms with Gasteiger partial charge in [0.05, 0.1) is 25.1 Å². The molecule has 5 nitrogen and oxygen atoms in total. The van der Waals surface area contributed by atoms with E-state index in [1.807, 2.05) is 25.3 Å². The number of carbonyl (C=O) groups excluding carboxylic acids is 1. The molecule has 0 saturated carbocycles. The molecule has 1 aromatic rings. The molecule has 1 aromatic heterocycles. The van der Waals surface area contributed by atoms with Gasteiger partial charge in [0, 0.05) is 24.3 Å². The molecular weight excluding hydrogens is 280 g/mol. The fourth-order valence-corrected chi connectivity index (χ4v) is 1.99. The minimum atomic E-state index is -0.213. The predicted octanol–water partition coefficient (Wildman–Crippen LogP) is 1.90. The molecule has 1 heterocycles. The number of hydrogen-bond acceptors (Lipinski definition) is 3. The summed E-state index contributed by atoms with van der Waals surface area (Å²) in [5.41, 5.74) is 0.540. The van der Waals surface area contributed by atoms with Crippen LogP contribution < -0.4 is 15.5 Å². The predicted molar refractivity (Wildman–Crippen MR) is 79.3 cm³/mol. The average molecular weight is 301 g/mol. The van der Waals surface area contributed by atoms with E-state index < -0.39 is 0 Å². The second-order valence-corrected chi connectivity index (χ2v) is 5.00. The number of alkyl halides is 1. The minimum absolute atomic E-state index is 0.0896. The lowest BCUT2D eigenvalue weighted by Crippen LogP contribution is -2.31. The Balaban J connectivity index is 2.64. The highest BCUT2D eigenvalue weighted by Crippen LogP contribution is 2.09. The van der Waals surface area contributed by atoms with Crippen LogP contribution in [0.15, 0.2) is 17.1 Å². The molecule has 0 aliphatic heterocycles. The van der Waals surface area contributed by atoms with Crippen LogP contribution >= 0.6 is 11.6 Å². The normalized spacial score (nSPS) is 10.7. The van der Waals surface area contributed by atoms with Crippen molar-refractivity contribution < 1.29 is 9.53 Å². The van der Waals surface area contributed by atoms with Gasteiger partial charge in [-0.15, -0.1) is 11.6 Å². The Morgan fingerprint density at radius 3 is 2.75 bits per heavy atom. The first-order valence-corrected chi connectivity index (χ1v) is 7.22. The van der Waals surface area contributed by atoms with Crippen molar-refractivity contribution >= 4 is 17.5 Å². The van der Waals surface area contributed by atoms with E-state index in [9.17, 15) is 9.59 Å². The summed E-state index contributed by atoms with van der Waals surface area (Å²) in [6.45, 7) is 6.62. The number of aryl methyl sites for hydroxylation is 1. The van der Waals surface area contributed by atoms with Crippen molar-refractivity contribution in [3.05, 3.63) is 28.2 Å². The highest BCUT2D eigenvalue weighted by molar-refractivity contribution is 6.16. The van der Waals surface area contributed by atoms with Crippen LogP contribution in [0.5, 0.6) is 5.75 Å². The maximum Gasteiger partial charge on any atom is 0.223 e. The largest absolute Gasteiger partial charge is 0.487 e. The molecule has 0 atom stereocenters. The Bertz CT molecular complexity index is 512. The fraction of sp³-hybridized carbons (Fsp3) is 0.571. The van der Waals surface area contributed by atoms with Crippen molar-refractivity contribution in [2.24, 2.45) is 0 Å². The summed E-state index contributed by atoms with van der Waals surface area (Å²) in [6, 6.07) is 1.57. The number of ether oxygens (including phenoxy) is 1. The minimum Gasteiger partial charge on any atom is -0.487 e. The van der Waals surface area contributed by atoms with Crippen LogP contribution in [0.3, 0.4) is 0 Å². The Labute approximate surface area is 123 Å². The zero-order valence-corrected chi connectivity index (χ0v) is 12.9. The van der Waals surface area contributed by atoms with Crippen molar-refractivity contribution in [3.63, 3.8) is 0 Å². The zero-order chi connectivity index (χ0) is 15.1. The number of nitrogens with one attached hydrogen (secondary N) is 1. The molecular formula is C14H21ClN2O3. The standard InChI is InChI=1S/C14H21ClN2O3/c1-4-17-9-13(12(18)7-11(17)8-15)20-6-5-14(19)16-10(2)3/h7,9-10H,4-6,8H2,1-3H3,(H,16,19). The van der Waals surface area contributed by atoms with Gasteiger partial charge < -0.3 is 14.6 Å². The second-order valence-electron chi connectivity index (χ2n) is 4.73. The SMILES string of the molecule is CCn1cc(OCCC(=O)NC(C)C)c(=O)cc1CCl. The van der Waals surface area contributed by atoms with Gasteiger partial charge in [0.1, 0.15) is 0 Å². The highest BCUT2D eigenvalue weighted by atomic mass is 35.5. The van der Waals surface area contributed by atoms with Crippen LogP contribution in [0.1, 0.15) is 32.9 Å². The quantitative estimate of drug-likeness (QED) is 0.782. The molecule has 0 aromatic carbocycles. The van der Waals surface area contributed by atoms with Gasteiger partial charge in [0.15, 0.2) is 5.75 Å². The number of nitrogens with zero attached hydrogens (tertiary/aromatic N) is 1. The summed E-state index contributed by atoms with van der Waals surface area (Å²) in [6.07, 6.45) is 1.86. The third kappa shape index (κ3) is 4.89. The third-order valence-electron chi connectivity index (χ3n) is 2.70. The number of hydrogen-bond donors (Lipinski definition) is 1. The Morgan fingerprint density at radius 1 is 1.50 bits per heavy atom. The molecule has 0 unspecified atom stereocenters. The van der Waals surface area contributed by atoms with Crippen LogP contribution in [-0.2, 0) is 17.2 Å². The van der Waals surface area contributed by atoms with E-state index in [-0.39, 0.29) is 42.0 Å². The topological polar surface area (TPSA) is 60.3 Å². The molecule has 0 radical (unpaired) electrons. The molecule has 0 spiro atoms. The maximum absolute atomic E-state index is 11.8. The van der Waals surface area contributed by atoms with Gasteiger partial charge in [-0.25, -0.2) is 0 Å². The zero-order valence-electron chi connectivity index (χ0n) is 12.1. The lowest BCUT2D eigenvalue weighted by molar-refractivity contribution is -0.122. The molecule has 1 rings (SSSR count). The van der Waals surface area contributed by atoms with Crippen molar-refractivity contribution in [2.75, 3.05) is 6.61 Å². The summed E-state index contributed by atoms with van der Waals surface area (Å²) < 4.78 is 7.25. The molecule has 1 amide bonds. The average Bonchev–Trinajstić information content (AvgIpc) is 2.39. The Morgan fingerprint density at radius 2 is 2.20 bits per heavy atom. The third-order valence-corrected chi connectivity index (χ3v) is 2.97. The summed E-state index contributed by atoms with van der Waals surface area (Å²) in [5.74, 6) is 0.437. The smallest absolute Gasteiger partial charge is 0.223 e. The Hall–Kier alpha value is -1.49. The molecule has 112 valence electrons. The first kappa shape index (κ1) is 16.6. The molecule has 0 fully saturated rings. The Kier molecular flexibility index (Phi) is 6.58. The van der Waals surface area contributed by atoms with E-state index in [4.69, 9.17) is 16.3 Å². The van der Waals surface area contributed by atoms with Crippen molar-refractivity contribution in [1.82, 2.24) is 9.88 Å². The van der Waals surface area contributed by atoms with E-state index >= 15 is 0 Å². The van der Waals surface area contributed by atoms with Crippen molar-refractivity contribution in [2.45, 2.75) is 45.7 Å². The number of halogens is 1. The van der Waals surface area contributed by atoms with E-state index in [1.165, 1.54) is 6.07 Å². The molecule has 1 N–H and O–H groups in total. The number of aromatic nitrogens is 1.